The van der Waals surface area contributed by atoms with Gasteiger partial charge in [-0.1, -0.05) is 35.7 Å². The normalized spacial score (nSPS) is 17.3. The van der Waals surface area contributed by atoms with Gasteiger partial charge in [0.1, 0.15) is 42.7 Å². The Kier molecular flexibility index (Phi) is 11.4. The van der Waals surface area contributed by atoms with E-state index in [-0.39, 0.29) is 34.2 Å². The van der Waals surface area contributed by atoms with E-state index in [2.05, 4.69) is 0 Å². The molecule has 276 valence electrons. The number of aromatic nitrogens is 2. The number of thioether (sulfide) groups is 2. The number of benzene rings is 1. The minimum absolute atomic E-state index is 0.0721. The lowest BCUT2D eigenvalue weighted by Gasteiger charge is -2.20. The van der Waals surface area contributed by atoms with Crippen LogP contribution < -0.4 is 34.7 Å². The molecule has 0 aliphatic carbocycles. The Labute approximate surface area is 312 Å². The van der Waals surface area contributed by atoms with E-state index < -0.39 is 70.4 Å². The second-order valence-electron chi connectivity index (χ2n) is 10.4. The van der Waals surface area contributed by atoms with E-state index >= 15 is 0 Å². The highest BCUT2D eigenvalue weighted by molar-refractivity contribution is 8.30. The predicted molar refractivity (Wildman–Crippen MR) is 194 cm³/mol. The summed E-state index contributed by atoms with van der Waals surface area (Å²) in [7, 11) is -1.56. The van der Waals surface area contributed by atoms with Crippen LogP contribution in [0.5, 0.6) is 11.5 Å². The molecule has 0 unspecified atom stereocenters. The van der Waals surface area contributed by atoms with Crippen LogP contribution in [0.2, 0.25) is 0 Å². The Bertz CT molecular complexity index is 2550. The molecule has 0 radical (unpaired) electrons. The zero-order valence-electron chi connectivity index (χ0n) is 26.5. The zero-order valence-corrected chi connectivity index (χ0v) is 31.4. The lowest BCUT2D eigenvalue weighted by Crippen LogP contribution is -2.35. The second-order valence-corrected chi connectivity index (χ2v) is 16.8. The van der Waals surface area contributed by atoms with Crippen molar-refractivity contribution in [3.8, 4) is 11.5 Å². The molecule has 0 bridgehead atoms. The van der Waals surface area contributed by atoms with E-state index in [1.165, 1.54) is 38.1 Å². The van der Waals surface area contributed by atoms with Crippen LogP contribution in [0.3, 0.4) is 0 Å². The van der Waals surface area contributed by atoms with E-state index in [1.54, 1.807) is 17.0 Å². The molecule has 24 heteroatoms. The third-order valence-electron chi connectivity index (χ3n) is 7.10. The molecule has 0 atom stereocenters. The molecule has 0 spiro atoms. The maximum Gasteiger partial charge on any atom is 0.323 e. The second kappa shape index (κ2) is 15.3. The van der Waals surface area contributed by atoms with Gasteiger partial charge in [-0.25, -0.2) is 0 Å². The van der Waals surface area contributed by atoms with Gasteiger partial charge in [-0.2, -0.15) is 8.42 Å². The van der Waals surface area contributed by atoms with E-state index in [9.17, 15) is 57.1 Å². The number of rotatable bonds is 12. The molecular weight excluding hydrogens is 809 g/mol. The van der Waals surface area contributed by atoms with Crippen LogP contribution in [0, 0.1) is 9.20 Å². The minimum Gasteiger partial charge on any atom is -0.493 e. The molecular formula is C28H24N4O14S6. The number of amides is 1. The Hall–Kier alpha value is -4.46. The number of thiocarbonyl (C=S) groups is 1. The number of fused-ring (bicyclic) bond motifs is 1. The van der Waals surface area contributed by atoms with Gasteiger partial charge in [-0.15, -0.1) is 22.7 Å². The molecule has 0 saturated carbocycles. The van der Waals surface area contributed by atoms with Crippen LogP contribution in [0.4, 0.5) is 5.69 Å². The van der Waals surface area contributed by atoms with Crippen molar-refractivity contribution in [2.75, 3.05) is 38.0 Å². The van der Waals surface area contributed by atoms with Gasteiger partial charge in [-0.3, -0.25) is 47.4 Å². The number of nitrogens with zero attached hydrogens (tertiary/aromatic N) is 4. The van der Waals surface area contributed by atoms with Crippen molar-refractivity contribution in [3.05, 3.63) is 62.3 Å². The van der Waals surface area contributed by atoms with Gasteiger partial charge < -0.3 is 29.7 Å². The highest BCUT2D eigenvalue weighted by Crippen LogP contribution is 2.50. The molecule has 1 aromatic carbocycles. The van der Waals surface area contributed by atoms with Crippen LogP contribution in [-0.4, -0.2) is 104 Å². The zero-order chi connectivity index (χ0) is 38.2. The largest absolute Gasteiger partial charge is 0.493 e. The Morgan fingerprint density at radius 1 is 0.827 bits per heavy atom. The van der Waals surface area contributed by atoms with Gasteiger partial charge in [-0.05, 0) is 12.2 Å². The number of carboxylic acid groups (broad SMARTS) is 3. The quantitative estimate of drug-likeness (QED) is 0.136. The van der Waals surface area contributed by atoms with Gasteiger partial charge in [0.05, 0.1) is 35.2 Å². The van der Waals surface area contributed by atoms with Gasteiger partial charge in [0, 0.05) is 23.6 Å². The summed E-state index contributed by atoms with van der Waals surface area (Å²) in [6, 6.07) is 3.25. The van der Waals surface area contributed by atoms with Crippen molar-refractivity contribution < 1.29 is 56.9 Å². The molecule has 18 nitrogen and oxygen atoms in total. The van der Waals surface area contributed by atoms with Crippen LogP contribution in [0.1, 0.15) is 0 Å². The number of hydrogen-bond donors (Lipinski definition) is 4. The van der Waals surface area contributed by atoms with Crippen molar-refractivity contribution in [2.24, 2.45) is 0 Å². The van der Waals surface area contributed by atoms with E-state index in [1.807, 2.05) is 0 Å². The number of methoxy groups -OCH3 is 2. The summed E-state index contributed by atoms with van der Waals surface area (Å²) >= 11 is 8.27. The first kappa shape index (κ1) is 38.8. The first-order valence-electron chi connectivity index (χ1n) is 14.2. The molecule has 5 rings (SSSR count). The van der Waals surface area contributed by atoms with Crippen LogP contribution >= 0.6 is 58.4 Å². The lowest BCUT2D eigenvalue weighted by atomic mass is 10.2. The Balaban J connectivity index is 1.76. The smallest absolute Gasteiger partial charge is 0.323 e. The number of thiazole rings is 2. The van der Waals surface area contributed by atoms with Crippen LogP contribution in [-0.2, 0) is 42.4 Å². The van der Waals surface area contributed by atoms with Gasteiger partial charge >= 0.3 is 17.9 Å². The first-order chi connectivity index (χ1) is 24.4. The third-order valence-corrected chi connectivity index (χ3v) is 12.9. The average molecular weight is 833 g/mol. The summed E-state index contributed by atoms with van der Waals surface area (Å²) in [5, 5.41) is 28.8. The number of carboxylic acids is 3. The summed E-state index contributed by atoms with van der Waals surface area (Å²) in [6.07, 6.45) is 2.79. The van der Waals surface area contributed by atoms with Gasteiger partial charge in [0.25, 0.3) is 27.1 Å². The lowest BCUT2D eigenvalue weighted by molar-refractivity contribution is -0.140. The molecule has 2 aliphatic heterocycles. The highest BCUT2D eigenvalue weighted by atomic mass is 32.2. The fourth-order valence-corrected chi connectivity index (χ4v) is 10.2. The van der Waals surface area contributed by atoms with Crippen molar-refractivity contribution in [1.29, 1.82) is 0 Å². The Morgan fingerprint density at radius 2 is 1.42 bits per heavy atom. The Morgan fingerprint density at radius 3 is 2.00 bits per heavy atom. The standard InChI is InChI=1S/C28H24N4O14S6/c1-45-13-7-12-16(8-14(13)46-2)48-17(29(12)5-6-52(42,43)44)4-3-15-23(39)30(9-18(33)34)26(49-15)21-24(40)31(10-19(35)36)27(50-21)22-25(41)32(11-20(37)38)28(47)51-22/h3-4,7-8H,5-6,9-11H2,1-2H3,(H,33,34)(H,35,36)(H,37,38)(H,42,43,44)/b15-3?,17-4?,26-21+,27-22?. The van der Waals surface area contributed by atoms with Gasteiger partial charge in [0.2, 0.25) is 0 Å². The van der Waals surface area contributed by atoms with E-state index in [0.717, 1.165) is 14.0 Å². The summed E-state index contributed by atoms with van der Waals surface area (Å²) in [6.45, 7) is -2.83. The summed E-state index contributed by atoms with van der Waals surface area (Å²) < 4.78 is 44.2. The summed E-state index contributed by atoms with van der Waals surface area (Å²) in [4.78, 5) is 78.2. The van der Waals surface area contributed by atoms with E-state index in [0.29, 0.717) is 61.5 Å². The molecule has 2 aromatic heterocycles. The molecule has 4 N–H and O–H groups in total. The van der Waals surface area contributed by atoms with Crippen LogP contribution in [0.25, 0.3) is 11.0 Å². The molecule has 52 heavy (non-hydrogen) atoms. The third kappa shape index (κ3) is 7.96. The number of carbonyl (C=O) groups is 4. The van der Waals surface area contributed by atoms with Crippen molar-refractivity contribution in [2.45, 2.75) is 18.0 Å². The number of allylic oxidation sites excluding steroid dienone is 1. The SMILES string of the molecule is COc1cc2c(cc1OC)N(CCS(=O)(=O)O)C(=CC=c1s/c(=c3/sc(=C4SC(=S)N(CC(=O)O)C4=O)n(CC(=O)O)c3=O)n(CC(=O)O)c1=O)S2. The molecule has 2 aliphatic rings. The number of ether oxygens (including phenoxy) is 2. The van der Waals surface area contributed by atoms with Crippen molar-refractivity contribution in [1.82, 2.24) is 14.0 Å². The monoisotopic (exact) mass is 832 g/mol. The fourth-order valence-electron chi connectivity index (χ4n) is 4.91. The molecule has 1 amide bonds. The number of anilines is 1. The van der Waals surface area contributed by atoms with Crippen LogP contribution in [0.15, 0.2) is 37.7 Å². The van der Waals surface area contributed by atoms with Crippen molar-refractivity contribution in [3.63, 3.8) is 0 Å². The molecule has 1 fully saturated rings. The van der Waals surface area contributed by atoms with Gasteiger partial charge in [0.15, 0.2) is 11.5 Å². The summed E-state index contributed by atoms with van der Waals surface area (Å²) in [5.74, 6) is -5.11. The highest BCUT2D eigenvalue weighted by Gasteiger charge is 2.36. The summed E-state index contributed by atoms with van der Waals surface area (Å²) in [5.41, 5.74) is -1.29. The first-order valence-corrected chi connectivity index (χ1v) is 19.5. The minimum atomic E-state index is -4.40. The number of carbonyl (C=O) groups excluding carboxylic acids is 1. The van der Waals surface area contributed by atoms with Crippen molar-refractivity contribution >= 4 is 113 Å². The molecule has 4 heterocycles. The topological polar surface area (TPSA) is 252 Å². The fraction of sp³-hybridized carbons (Fsp3) is 0.250. The number of hydrogen-bond acceptors (Lipinski definition) is 16. The number of aliphatic carboxylic acids is 3. The molecule has 3 aromatic rings. The maximum atomic E-state index is 13.7. The van der Waals surface area contributed by atoms with E-state index in [4.69, 9.17) is 21.7 Å². The predicted octanol–water partition coefficient (Wildman–Crippen LogP) is -0.219. The molecule has 1 saturated heterocycles. The average Bonchev–Trinajstić information content (AvgIpc) is 3.75. The maximum absolute atomic E-state index is 13.7.